The zero-order valence-corrected chi connectivity index (χ0v) is 26.1. The molecule has 0 spiro atoms. The molecule has 0 aliphatic carbocycles. The number of imidazole rings is 1. The molecule has 5 aromatic rings. The van der Waals surface area contributed by atoms with E-state index in [1.807, 2.05) is 19.2 Å². The summed E-state index contributed by atoms with van der Waals surface area (Å²) in [6.07, 6.45) is -0.310. The Labute approximate surface area is 256 Å². The number of thiazole rings is 1. The van der Waals surface area contributed by atoms with E-state index in [-0.39, 0.29) is 33.3 Å². The fourth-order valence-corrected chi connectivity index (χ4v) is 6.87. The molecule has 1 saturated heterocycles. The van der Waals surface area contributed by atoms with Gasteiger partial charge in [0.1, 0.15) is 34.2 Å². The Morgan fingerprint density at radius 1 is 0.955 bits per heavy atom. The number of pyridine rings is 1. The van der Waals surface area contributed by atoms with Crippen LogP contribution in [0.15, 0.2) is 40.6 Å². The van der Waals surface area contributed by atoms with Crippen molar-refractivity contribution >= 4 is 55.3 Å². The van der Waals surface area contributed by atoms with Crippen molar-refractivity contribution in [1.82, 2.24) is 29.5 Å². The van der Waals surface area contributed by atoms with Gasteiger partial charge in [-0.2, -0.15) is 0 Å². The Balaban J connectivity index is 1.52. The van der Waals surface area contributed by atoms with Crippen LogP contribution in [0.2, 0.25) is 0 Å². The van der Waals surface area contributed by atoms with E-state index >= 15 is 0 Å². The molecular formula is C29H30F2N8O3S2. The number of aromatic nitrogens is 6. The number of nitrogens with zero attached hydrogens (tertiary/aromatic N) is 6. The van der Waals surface area contributed by atoms with Crippen molar-refractivity contribution in [3.63, 3.8) is 0 Å². The fourth-order valence-electron chi connectivity index (χ4n) is 5.21. The molecule has 11 nitrogen and oxygen atoms in total. The van der Waals surface area contributed by atoms with Gasteiger partial charge >= 0.3 is 0 Å². The van der Waals surface area contributed by atoms with Gasteiger partial charge in [0.05, 0.1) is 16.3 Å². The minimum absolute atomic E-state index is 0.0218. The number of fused-ring (bicyclic) bond motifs is 1. The van der Waals surface area contributed by atoms with Crippen molar-refractivity contribution in [3.8, 4) is 10.6 Å². The average molecular weight is 641 g/mol. The van der Waals surface area contributed by atoms with Crippen LogP contribution in [0.5, 0.6) is 0 Å². The molecule has 230 valence electrons. The molecule has 1 atom stereocenters. The van der Waals surface area contributed by atoms with Gasteiger partial charge in [0.2, 0.25) is 0 Å². The molecule has 2 N–H and O–H groups in total. The van der Waals surface area contributed by atoms with Crippen molar-refractivity contribution in [2.75, 3.05) is 23.5 Å². The molecule has 0 saturated carbocycles. The first kappa shape index (κ1) is 30.0. The van der Waals surface area contributed by atoms with E-state index in [9.17, 15) is 17.2 Å². The average Bonchev–Trinajstić information content (AvgIpc) is 3.57. The van der Waals surface area contributed by atoms with Crippen molar-refractivity contribution in [2.45, 2.75) is 57.6 Å². The standard InChI is InChI=1S/C29H30F2N8O3S2/c1-15-11-22(34-17(3)32-15)36-23-13-20(25-27(37-23)39(28(38-25)26(30)31)24-7-5-6-10-42-24)35-19-9-8-18(12-21(19)44(4,40)41)29-33-16(2)14-43-29/h8-9,11-14,24,26H,5-7,10H2,1-4H3,(H2,32,34,35,36,37). The topological polar surface area (TPSA) is 137 Å². The summed E-state index contributed by atoms with van der Waals surface area (Å²) in [5, 5.41) is 8.89. The second-order valence-electron chi connectivity index (χ2n) is 10.7. The summed E-state index contributed by atoms with van der Waals surface area (Å²) in [7, 11) is -3.73. The maximum atomic E-state index is 14.4. The monoisotopic (exact) mass is 640 g/mol. The first-order valence-corrected chi connectivity index (χ1v) is 16.7. The minimum atomic E-state index is -3.73. The van der Waals surface area contributed by atoms with E-state index in [0.717, 1.165) is 30.5 Å². The summed E-state index contributed by atoms with van der Waals surface area (Å²) in [4.78, 5) is 22.2. The molecule has 4 aromatic heterocycles. The smallest absolute Gasteiger partial charge is 0.295 e. The molecule has 0 radical (unpaired) electrons. The number of nitrogens with one attached hydrogen (secondary N) is 2. The lowest BCUT2D eigenvalue weighted by Crippen LogP contribution is -2.20. The molecular weight excluding hydrogens is 611 g/mol. The van der Waals surface area contributed by atoms with Gasteiger partial charge in [-0.15, -0.1) is 11.3 Å². The SMILES string of the molecule is Cc1cc(Nc2cc(Nc3ccc(-c4nc(C)cs4)cc3S(C)(=O)=O)c3nc(C(F)F)n(C4CCCCO4)c3n2)nc(C)n1. The molecule has 6 rings (SSSR count). The van der Waals surface area contributed by atoms with Gasteiger partial charge in [-0.3, -0.25) is 4.57 Å². The number of hydrogen-bond donors (Lipinski definition) is 2. The molecule has 44 heavy (non-hydrogen) atoms. The van der Waals surface area contributed by atoms with Crippen molar-refractivity contribution < 1.29 is 21.9 Å². The first-order valence-electron chi connectivity index (χ1n) is 13.9. The van der Waals surface area contributed by atoms with Crippen LogP contribution < -0.4 is 10.6 Å². The number of alkyl halides is 2. The van der Waals surface area contributed by atoms with Crippen LogP contribution >= 0.6 is 11.3 Å². The number of ether oxygens (including phenoxy) is 1. The lowest BCUT2D eigenvalue weighted by Gasteiger charge is -2.25. The maximum absolute atomic E-state index is 14.4. The van der Waals surface area contributed by atoms with Crippen molar-refractivity contribution in [3.05, 3.63) is 58.7 Å². The lowest BCUT2D eigenvalue weighted by molar-refractivity contribution is -0.0363. The Kier molecular flexibility index (Phi) is 8.02. The van der Waals surface area contributed by atoms with Gasteiger partial charge < -0.3 is 15.4 Å². The Hall–Kier alpha value is -4.08. The highest BCUT2D eigenvalue weighted by atomic mass is 32.2. The normalized spacial score (nSPS) is 15.7. The highest BCUT2D eigenvalue weighted by Gasteiger charge is 2.29. The van der Waals surface area contributed by atoms with Crippen molar-refractivity contribution in [1.29, 1.82) is 0 Å². The Morgan fingerprint density at radius 3 is 2.41 bits per heavy atom. The van der Waals surface area contributed by atoms with Gasteiger partial charge in [-0.25, -0.2) is 42.1 Å². The summed E-state index contributed by atoms with van der Waals surface area (Å²) in [5.74, 6) is 0.805. The van der Waals surface area contributed by atoms with Gasteiger partial charge in [0.25, 0.3) is 6.43 Å². The molecule has 5 heterocycles. The van der Waals surface area contributed by atoms with Crippen LogP contribution in [0, 0.1) is 20.8 Å². The second-order valence-corrected chi connectivity index (χ2v) is 13.5. The third-order valence-corrected chi connectivity index (χ3v) is 9.20. The van der Waals surface area contributed by atoms with Gasteiger partial charge in [0, 0.05) is 47.3 Å². The predicted octanol–water partition coefficient (Wildman–Crippen LogP) is 6.80. The van der Waals surface area contributed by atoms with Gasteiger partial charge in [-0.1, -0.05) is 0 Å². The Morgan fingerprint density at radius 2 is 1.75 bits per heavy atom. The lowest BCUT2D eigenvalue weighted by atomic mass is 10.2. The highest BCUT2D eigenvalue weighted by molar-refractivity contribution is 7.90. The van der Waals surface area contributed by atoms with Crippen molar-refractivity contribution in [2.24, 2.45) is 0 Å². The fraction of sp³-hybridized carbons (Fsp3) is 0.345. The number of benzene rings is 1. The summed E-state index contributed by atoms with van der Waals surface area (Å²) >= 11 is 1.41. The largest absolute Gasteiger partial charge is 0.358 e. The van der Waals surface area contributed by atoms with E-state index < -0.39 is 28.3 Å². The van der Waals surface area contributed by atoms with E-state index in [2.05, 4.69) is 35.6 Å². The van der Waals surface area contributed by atoms with Gasteiger partial charge in [-0.05, 0) is 58.2 Å². The van der Waals surface area contributed by atoms with Gasteiger partial charge in [0.15, 0.2) is 21.3 Å². The number of halogens is 2. The molecule has 1 aliphatic heterocycles. The maximum Gasteiger partial charge on any atom is 0.295 e. The third kappa shape index (κ3) is 6.12. The summed E-state index contributed by atoms with van der Waals surface area (Å²) in [6, 6.07) is 8.28. The zero-order valence-electron chi connectivity index (χ0n) is 24.4. The number of rotatable bonds is 8. The van der Waals surface area contributed by atoms with Crippen LogP contribution in [-0.2, 0) is 14.6 Å². The number of aryl methyl sites for hydroxylation is 3. The van der Waals surface area contributed by atoms with Crippen LogP contribution in [0.1, 0.15) is 55.0 Å². The first-order chi connectivity index (χ1) is 21.0. The minimum Gasteiger partial charge on any atom is -0.358 e. The van der Waals surface area contributed by atoms with Crippen LogP contribution in [0.4, 0.5) is 31.8 Å². The third-order valence-electron chi connectivity index (χ3n) is 7.05. The zero-order chi connectivity index (χ0) is 31.2. The molecule has 1 aromatic carbocycles. The predicted molar refractivity (Wildman–Crippen MR) is 165 cm³/mol. The molecule has 0 amide bonds. The quantitative estimate of drug-likeness (QED) is 0.186. The molecule has 0 bridgehead atoms. The molecule has 1 unspecified atom stereocenters. The van der Waals surface area contributed by atoms with E-state index in [0.29, 0.717) is 35.2 Å². The molecule has 1 fully saturated rings. The van der Waals surface area contributed by atoms with Crippen LogP contribution in [0.25, 0.3) is 21.7 Å². The number of sulfone groups is 1. The number of hydrogen-bond acceptors (Lipinski definition) is 11. The summed E-state index contributed by atoms with van der Waals surface area (Å²) in [6.45, 7) is 5.88. The number of anilines is 4. The Bertz CT molecular complexity index is 1950. The van der Waals surface area contributed by atoms with E-state index in [1.54, 1.807) is 37.3 Å². The van der Waals surface area contributed by atoms with E-state index in [4.69, 9.17) is 4.74 Å². The molecule has 1 aliphatic rings. The summed E-state index contributed by atoms with van der Waals surface area (Å²) < 4.78 is 62.1. The second kappa shape index (κ2) is 11.8. The highest BCUT2D eigenvalue weighted by Crippen LogP contribution is 2.38. The van der Waals surface area contributed by atoms with Crippen LogP contribution in [0.3, 0.4) is 0 Å². The van der Waals surface area contributed by atoms with Crippen LogP contribution in [-0.4, -0.2) is 50.8 Å². The van der Waals surface area contributed by atoms with E-state index in [1.165, 1.54) is 15.9 Å². The molecule has 15 heteroatoms. The summed E-state index contributed by atoms with van der Waals surface area (Å²) in [5.41, 5.74) is 3.04.